The van der Waals surface area contributed by atoms with Gasteiger partial charge in [-0.05, 0) is 47.0 Å². The van der Waals surface area contributed by atoms with Crippen LogP contribution in [-0.4, -0.2) is 11.7 Å². The van der Waals surface area contributed by atoms with Crippen LogP contribution >= 0.6 is 27.5 Å². The van der Waals surface area contributed by atoms with Crippen molar-refractivity contribution in [1.82, 2.24) is 0 Å². The second-order valence-electron chi connectivity index (χ2n) is 7.41. The number of nitrogens with zero attached hydrogens (tertiary/aromatic N) is 1. The molecule has 3 heteroatoms. The monoisotopic (exact) mass is 401 g/mol. The summed E-state index contributed by atoms with van der Waals surface area (Å²) in [6.45, 7) is 0.923. The Balaban J connectivity index is 1.93. The van der Waals surface area contributed by atoms with E-state index in [9.17, 15) is 0 Å². The van der Waals surface area contributed by atoms with Gasteiger partial charge in [0.1, 0.15) is 5.17 Å². The highest BCUT2D eigenvalue weighted by Gasteiger charge is 2.22. The van der Waals surface area contributed by atoms with Gasteiger partial charge in [0.15, 0.2) is 0 Å². The lowest BCUT2D eigenvalue weighted by molar-refractivity contribution is 0.286. The summed E-state index contributed by atoms with van der Waals surface area (Å²) in [5.74, 6) is 1.52. The van der Waals surface area contributed by atoms with Crippen LogP contribution in [0.4, 0.5) is 0 Å². The first kappa shape index (κ1) is 19.5. The van der Waals surface area contributed by atoms with Crippen LogP contribution < -0.4 is 0 Å². The summed E-state index contributed by atoms with van der Waals surface area (Å²) in [6.07, 6.45) is 21.8. The van der Waals surface area contributed by atoms with Gasteiger partial charge in [-0.25, -0.2) is 0 Å². The number of halogens is 2. The Bertz CT molecular complexity index is 355. The van der Waals surface area contributed by atoms with Crippen molar-refractivity contribution in [2.45, 2.75) is 89.9 Å². The van der Waals surface area contributed by atoms with Crippen molar-refractivity contribution in [3.8, 4) is 0 Å². The molecule has 2 unspecified atom stereocenters. The molecule has 0 amide bonds. The van der Waals surface area contributed by atoms with Crippen LogP contribution in [0.5, 0.6) is 0 Å². The molecular weight excluding hydrogens is 370 g/mol. The molecule has 1 heterocycles. The van der Waals surface area contributed by atoms with E-state index < -0.39 is 0 Å². The summed E-state index contributed by atoms with van der Waals surface area (Å²) in [5, 5.41) is 0.666. The zero-order valence-electron chi connectivity index (χ0n) is 14.5. The number of rotatable bonds is 0. The fraction of sp³-hybridized carbons (Fsp3) is 0.850. The number of allylic oxidation sites excluding steroid dienone is 2. The maximum absolute atomic E-state index is 6.25. The fourth-order valence-electron chi connectivity index (χ4n) is 4.04. The second-order valence-corrected chi connectivity index (χ2v) is 8.62. The summed E-state index contributed by atoms with van der Waals surface area (Å²) in [5.41, 5.74) is 0. The van der Waals surface area contributed by atoms with Crippen LogP contribution in [-0.2, 0) is 0 Å². The lowest BCUT2D eigenvalue weighted by Crippen LogP contribution is -2.20. The van der Waals surface area contributed by atoms with Crippen LogP contribution in [0.15, 0.2) is 15.6 Å². The van der Waals surface area contributed by atoms with Gasteiger partial charge in [0, 0.05) is 6.54 Å². The maximum atomic E-state index is 6.25. The van der Waals surface area contributed by atoms with Gasteiger partial charge < -0.3 is 0 Å². The van der Waals surface area contributed by atoms with E-state index in [1.807, 2.05) is 0 Å². The summed E-state index contributed by atoms with van der Waals surface area (Å²) < 4.78 is 0.994. The molecule has 2 rings (SSSR count). The van der Waals surface area contributed by atoms with Gasteiger partial charge in [0.25, 0.3) is 0 Å². The molecule has 1 fully saturated rings. The first-order chi connectivity index (χ1) is 11.3. The van der Waals surface area contributed by atoms with Crippen molar-refractivity contribution < 1.29 is 0 Å². The van der Waals surface area contributed by atoms with Crippen molar-refractivity contribution in [3.05, 3.63) is 10.6 Å². The highest BCUT2D eigenvalue weighted by Crippen LogP contribution is 2.32. The molecule has 0 aromatic rings. The lowest BCUT2D eigenvalue weighted by atomic mass is 9.81. The van der Waals surface area contributed by atoms with Gasteiger partial charge >= 0.3 is 0 Å². The van der Waals surface area contributed by atoms with E-state index >= 15 is 0 Å². The highest BCUT2D eigenvalue weighted by atomic mass is 79.9. The minimum atomic E-state index is 0.666. The molecule has 0 spiro atoms. The first-order valence-corrected chi connectivity index (χ1v) is 11.0. The number of aliphatic imine (C=N–C) groups is 1. The Kier molecular flexibility index (Phi) is 9.91. The van der Waals surface area contributed by atoms with Crippen molar-refractivity contribution in [2.75, 3.05) is 6.54 Å². The molecule has 2 aliphatic rings. The molecule has 0 aromatic heterocycles. The van der Waals surface area contributed by atoms with E-state index in [1.165, 1.54) is 83.5 Å². The quantitative estimate of drug-likeness (QED) is 0.395. The zero-order valence-corrected chi connectivity index (χ0v) is 16.9. The maximum Gasteiger partial charge on any atom is 0.137 e. The third-order valence-corrected chi connectivity index (χ3v) is 6.83. The summed E-state index contributed by atoms with van der Waals surface area (Å²) >= 11 is 9.81. The minimum absolute atomic E-state index is 0.666. The van der Waals surface area contributed by atoms with Crippen LogP contribution in [0, 0.1) is 11.8 Å². The second kappa shape index (κ2) is 11.7. The molecule has 1 aliphatic carbocycles. The van der Waals surface area contributed by atoms with E-state index in [-0.39, 0.29) is 0 Å². The molecule has 23 heavy (non-hydrogen) atoms. The number of hydrogen-bond donors (Lipinski definition) is 0. The third kappa shape index (κ3) is 7.73. The summed E-state index contributed by atoms with van der Waals surface area (Å²) in [7, 11) is 0. The van der Waals surface area contributed by atoms with E-state index in [4.69, 9.17) is 11.6 Å². The molecule has 1 aliphatic heterocycles. The van der Waals surface area contributed by atoms with Crippen LogP contribution in [0.25, 0.3) is 0 Å². The Morgan fingerprint density at radius 1 is 0.783 bits per heavy atom. The predicted octanol–water partition coefficient (Wildman–Crippen LogP) is 7.62. The third-order valence-electron chi connectivity index (χ3n) is 5.58. The van der Waals surface area contributed by atoms with E-state index in [0.29, 0.717) is 5.17 Å². The average molecular weight is 403 g/mol. The fourth-order valence-corrected chi connectivity index (χ4v) is 4.50. The van der Waals surface area contributed by atoms with Crippen molar-refractivity contribution in [1.29, 1.82) is 0 Å². The summed E-state index contributed by atoms with van der Waals surface area (Å²) in [4.78, 5) is 4.63. The van der Waals surface area contributed by atoms with Crippen molar-refractivity contribution in [2.24, 2.45) is 16.8 Å². The lowest BCUT2D eigenvalue weighted by Gasteiger charge is -2.27. The van der Waals surface area contributed by atoms with Gasteiger partial charge in [-0.2, -0.15) is 0 Å². The average Bonchev–Trinajstić information content (AvgIpc) is 2.56. The molecular formula is C20H33BrClN. The minimum Gasteiger partial charge on any atom is -0.272 e. The smallest absolute Gasteiger partial charge is 0.137 e. The predicted molar refractivity (Wildman–Crippen MR) is 107 cm³/mol. The molecule has 132 valence electrons. The van der Waals surface area contributed by atoms with Gasteiger partial charge in [-0.3, -0.25) is 4.99 Å². The van der Waals surface area contributed by atoms with Gasteiger partial charge in [-0.1, -0.05) is 88.3 Å². The van der Waals surface area contributed by atoms with E-state index in [1.54, 1.807) is 0 Å². The normalized spacial score (nSPS) is 34.3. The summed E-state index contributed by atoms with van der Waals surface area (Å²) in [6, 6.07) is 0. The molecule has 0 aromatic carbocycles. The molecule has 1 saturated carbocycles. The molecule has 2 atom stereocenters. The van der Waals surface area contributed by atoms with Crippen molar-refractivity contribution >= 4 is 32.7 Å². The Morgan fingerprint density at radius 3 is 1.83 bits per heavy atom. The van der Waals surface area contributed by atoms with E-state index in [2.05, 4.69) is 27.0 Å². The molecule has 0 N–H and O–H groups in total. The zero-order chi connectivity index (χ0) is 16.3. The largest absolute Gasteiger partial charge is 0.272 e. The van der Waals surface area contributed by atoms with Gasteiger partial charge in [0.05, 0.1) is 4.48 Å². The number of hydrogen-bond acceptors (Lipinski definition) is 1. The van der Waals surface area contributed by atoms with Gasteiger partial charge in [-0.15, -0.1) is 0 Å². The standard InChI is InChI=1S/C20H33BrClN/c21-19-15-14-17-12-10-8-6-4-2-1-3-5-7-9-11-13-18(17)16-23-20(19)22/h15,17-18H,1-14,16H2/b19-15+,23-20+. The highest BCUT2D eigenvalue weighted by molar-refractivity contribution is 9.12. The first-order valence-electron chi connectivity index (χ1n) is 9.83. The Morgan fingerprint density at radius 2 is 1.26 bits per heavy atom. The van der Waals surface area contributed by atoms with Crippen LogP contribution in [0.3, 0.4) is 0 Å². The molecule has 0 saturated heterocycles. The topological polar surface area (TPSA) is 12.4 Å². The number of fused-ring (bicyclic) bond motifs is 1. The molecule has 0 bridgehead atoms. The van der Waals surface area contributed by atoms with Crippen molar-refractivity contribution in [3.63, 3.8) is 0 Å². The molecule has 0 radical (unpaired) electrons. The SMILES string of the molecule is ClC1=N/CC2CCCCCCCCCCCCCC2C/C=C\1Br. The van der Waals surface area contributed by atoms with Crippen LogP contribution in [0.1, 0.15) is 89.9 Å². The Hall–Kier alpha value is 0.180. The van der Waals surface area contributed by atoms with Crippen LogP contribution in [0.2, 0.25) is 0 Å². The Labute approximate surface area is 156 Å². The molecule has 1 nitrogen and oxygen atoms in total. The van der Waals surface area contributed by atoms with E-state index in [0.717, 1.165) is 29.3 Å². The van der Waals surface area contributed by atoms with Gasteiger partial charge in [0.2, 0.25) is 0 Å².